The van der Waals surface area contributed by atoms with Gasteiger partial charge in [-0.05, 0) is 86.3 Å². The largest absolute Gasteiger partial charge is 0.748 e. The number of carbonyl (C=O) groups excluding carboxylic acids is 1. The summed E-state index contributed by atoms with van der Waals surface area (Å²) in [5.74, 6) is 0.762. The number of ether oxygens (including phenoxy) is 3. The molecule has 1 aromatic rings. The van der Waals surface area contributed by atoms with Crippen molar-refractivity contribution in [3.05, 3.63) is 23.8 Å². The number of alkyl halides is 3. The summed E-state index contributed by atoms with van der Waals surface area (Å²) in [7, 11) is -4.58. The van der Waals surface area contributed by atoms with Crippen molar-refractivity contribution in [1.29, 1.82) is 0 Å². The number of hydrogen-bond donors (Lipinski definition) is 0. The first-order valence-corrected chi connectivity index (χ1v) is 13.7. The molecule has 11 heteroatoms. The third kappa shape index (κ3) is 4.61. The average Bonchev–Trinajstić information content (AvgIpc) is 3.52. The quantitative estimate of drug-likeness (QED) is 0.284. The maximum absolute atomic E-state index is 13.1. The van der Waals surface area contributed by atoms with Crippen molar-refractivity contribution in [3.8, 4) is 11.5 Å². The van der Waals surface area contributed by atoms with Crippen LogP contribution in [0.2, 0.25) is 0 Å². The van der Waals surface area contributed by atoms with Crippen molar-refractivity contribution in [2.75, 3.05) is 12.4 Å². The summed E-state index contributed by atoms with van der Waals surface area (Å²) in [6, 6.07) is 3.24. The molecule has 0 aromatic heterocycles. The molecule has 0 saturated heterocycles. The molecule has 35 heavy (non-hydrogen) atoms. The van der Waals surface area contributed by atoms with Crippen LogP contribution in [0, 0.1) is 35.5 Å². The van der Waals surface area contributed by atoms with E-state index in [9.17, 15) is 30.9 Å². The van der Waals surface area contributed by atoms with Crippen LogP contribution in [0.25, 0.3) is 0 Å². The summed E-state index contributed by atoms with van der Waals surface area (Å²) in [4.78, 5) is 12.4. The molecule has 5 rings (SSSR count). The summed E-state index contributed by atoms with van der Waals surface area (Å²) in [5, 5.41) is 0. The Morgan fingerprint density at radius 1 is 1.11 bits per heavy atom. The monoisotopic (exact) mass is 517 g/mol. The lowest BCUT2D eigenvalue weighted by Gasteiger charge is -2.46. The Balaban J connectivity index is 1.41. The van der Waals surface area contributed by atoms with E-state index in [-0.39, 0.29) is 17.2 Å². The van der Waals surface area contributed by atoms with Gasteiger partial charge in [0.05, 0.1) is 21.4 Å². The molecule has 4 aliphatic rings. The topological polar surface area (TPSA) is 102 Å². The zero-order chi connectivity index (χ0) is 25.2. The second kappa shape index (κ2) is 8.54. The van der Waals surface area contributed by atoms with Gasteiger partial charge in [-0.3, -0.25) is 0 Å². The highest BCUT2D eigenvalue weighted by molar-refractivity contribution is 7.85. The Labute approximate surface area is 202 Å². The van der Waals surface area contributed by atoms with Crippen LogP contribution in [-0.4, -0.2) is 43.3 Å². The van der Waals surface area contributed by atoms with Crippen molar-refractivity contribution < 1.29 is 45.1 Å². The molecular formula is C24H28F3O7S-. The van der Waals surface area contributed by atoms with E-state index in [2.05, 4.69) is 4.74 Å². The maximum atomic E-state index is 13.1. The molecule has 7 atom stereocenters. The Kier molecular flexibility index (Phi) is 6.02. The highest BCUT2D eigenvalue weighted by Crippen LogP contribution is 2.70. The van der Waals surface area contributed by atoms with Crippen LogP contribution in [0.15, 0.2) is 18.2 Å². The summed E-state index contributed by atoms with van der Waals surface area (Å²) < 4.78 is 87.0. The number of fused-ring (bicyclic) bond motifs is 9. The highest BCUT2D eigenvalue weighted by atomic mass is 32.2. The van der Waals surface area contributed by atoms with Gasteiger partial charge in [-0.25, -0.2) is 13.2 Å². The number of benzene rings is 1. The molecule has 1 aromatic carbocycles. The van der Waals surface area contributed by atoms with E-state index >= 15 is 0 Å². The smallest absolute Gasteiger partial charge is 0.573 e. The second-order valence-corrected chi connectivity index (χ2v) is 11.9. The van der Waals surface area contributed by atoms with Gasteiger partial charge in [0, 0.05) is 5.92 Å². The molecule has 0 aliphatic heterocycles. The predicted octanol–water partition coefficient (Wildman–Crippen LogP) is 4.52. The molecule has 7 nitrogen and oxygen atoms in total. The van der Waals surface area contributed by atoms with E-state index < -0.39 is 46.2 Å². The van der Waals surface area contributed by atoms with Crippen molar-refractivity contribution in [2.45, 2.75) is 57.4 Å². The fourth-order valence-corrected chi connectivity index (χ4v) is 8.04. The molecule has 7 unspecified atom stereocenters. The number of carbonyl (C=O) groups is 1. The Morgan fingerprint density at radius 2 is 1.83 bits per heavy atom. The van der Waals surface area contributed by atoms with Crippen LogP contribution in [0.1, 0.15) is 55.8 Å². The van der Waals surface area contributed by atoms with Gasteiger partial charge in [-0.1, -0.05) is 6.92 Å². The van der Waals surface area contributed by atoms with Crippen LogP contribution in [0.4, 0.5) is 13.2 Å². The van der Waals surface area contributed by atoms with Crippen molar-refractivity contribution in [3.63, 3.8) is 0 Å². The molecule has 0 heterocycles. The van der Waals surface area contributed by atoms with Gasteiger partial charge in [0.25, 0.3) is 0 Å². The first-order chi connectivity index (χ1) is 16.4. The molecule has 4 aliphatic carbocycles. The third-order valence-corrected chi connectivity index (χ3v) is 9.45. The summed E-state index contributed by atoms with van der Waals surface area (Å²) >= 11 is 0. The Bertz CT molecular complexity index is 1100. The highest BCUT2D eigenvalue weighted by Gasteiger charge is 2.67. The van der Waals surface area contributed by atoms with E-state index in [1.807, 2.05) is 6.92 Å². The zero-order valence-corrected chi connectivity index (χ0v) is 20.1. The maximum Gasteiger partial charge on any atom is 0.573 e. The third-order valence-electron chi connectivity index (χ3n) is 8.78. The molecule has 4 saturated carbocycles. The second-order valence-electron chi connectivity index (χ2n) is 10.4. The standard InChI is InChI=1S/C24H29F3O7S/c1-2-23(12-16-10-17(23)21-14-4-3-13(9-14)20(16)21)33-19-11-15(5-6-18(19)34-24(25,26)27)22(28)32-7-8-35(29,30)31/h5-6,11,13-14,16-17,20-21H,2-4,7-10,12H2,1H3,(H,29,30,31)/p-1. The fourth-order valence-electron chi connectivity index (χ4n) is 7.76. The van der Waals surface area contributed by atoms with Gasteiger partial charge in [-0.15, -0.1) is 13.2 Å². The lowest BCUT2D eigenvalue weighted by molar-refractivity contribution is -0.275. The lowest BCUT2D eigenvalue weighted by Crippen LogP contribution is -2.48. The van der Waals surface area contributed by atoms with Crippen molar-refractivity contribution in [2.24, 2.45) is 35.5 Å². The minimum atomic E-state index is -4.95. The zero-order valence-electron chi connectivity index (χ0n) is 19.3. The van der Waals surface area contributed by atoms with E-state index in [1.54, 1.807) is 0 Å². The van der Waals surface area contributed by atoms with E-state index in [1.165, 1.54) is 19.3 Å². The first kappa shape index (κ1) is 24.7. The van der Waals surface area contributed by atoms with Gasteiger partial charge in [-0.2, -0.15) is 0 Å². The number of hydrogen-bond acceptors (Lipinski definition) is 7. The molecule has 0 N–H and O–H groups in total. The number of esters is 1. The molecular weight excluding hydrogens is 489 g/mol. The summed E-state index contributed by atoms with van der Waals surface area (Å²) in [6.45, 7) is 1.32. The predicted molar refractivity (Wildman–Crippen MR) is 116 cm³/mol. The minimum Gasteiger partial charge on any atom is -0.748 e. The molecule has 0 radical (unpaired) electrons. The molecule has 4 fully saturated rings. The van der Waals surface area contributed by atoms with Crippen molar-refractivity contribution >= 4 is 16.1 Å². The van der Waals surface area contributed by atoms with Crippen LogP contribution < -0.4 is 9.47 Å². The Hall–Kier alpha value is -2.01. The van der Waals surface area contributed by atoms with Gasteiger partial charge >= 0.3 is 12.3 Å². The van der Waals surface area contributed by atoms with Crippen LogP contribution >= 0.6 is 0 Å². The van der Waals surface area contributed by atoms with Crippen molar-refractivity contribution in [1.82, 2.24) is 0 Å². The van der Waals surface area contributed by atoms with Gasteiger partial charge in [0.15, 0.2) is 11.5 Å². The fraction of sp³-hybridized carbons (Fsp3) is 0.708. The summed E-state index contributed by atoms with van der Waals surface area (Å²) in [6.07, 6.45) is 1.17. The van der Waals surface area contributed by atoms with Crippen LogP contribution in [0.3, 0.4) is 0 Å². The normalized spacial score (nSPS) is 35.2. The van der Waals surface area contributed by atoms with Gasteiger partial charge in [0.2, 0.25) is 0 Å². The molecule has 4 bridgehead atoms. The number of halogens is 3. The molecule has 0 amide bonds. The molecule has 0 spiro atoms. The van der Waals surface area contributed by atoms with E-state index in [0.29, 0.717) is 30.1 Å². The summed E-state index contributed by atoms with van der Waals surface area (Å²) in [5.41, 5.74) is -0.760. The Morgan fingerprint density at radius 3 is 2.49 bits per heavy atom. The minimum absolute atomic E-state index is 0.120. The number of rotatable bonds is 8. The van der Waals surface area contributed by atoms with Gasteiger partial charge < -0.3 is 18.8 Å². The SMILES string of the molecule is CCC1(Oc2cc(C(=O)OCCS(=O)(=O)[O-])ccc2OC(F)(F)F)CC2CC1C1C3CCC(C3)C21. The first-order valence-electron chi connectivity index (χ1n) is 12.1. The van der Waals surface area contributed by atoms with E-state index in [4.69, 9.17) is 9.47 Å². The molecule has 194 valence electrons. The van der Waals surface area contributed by atoms with E-state index in [0.717, 1.165) is 37.0 Å². The van der Waals surface area contributed by atoms with Crippen LogP contribution in [0.5, 0.6) is 11.5 Å². The lowest BCUT2D eigenvalue weighted by atomic mass is 9.65. The van der Waals surface area contributed by atoms with Gasteiger partial charge in [0.1, 0.15) is 12.2 Å². The average molecular weight is 518 g/mol. The van der Waals surface area contributed by atoms with Crippen LogP contribution in [-0.2, 0) is 14.9 Å².